The second kappa shape index (κ2) is 10.5. The number of nitriles is 1. The summed E-state index contributed by atoms with van der Waals surface area (Å²) in [6.45, 7) is 0. The summed E-state index contributed by atoms with van der Waals surface area (Å²) in [5.41, 5.74) is -0.218. The van der Waals surface area contributed by atoms with Crippen molar-refractivity contribution < 1.29 is 23.9 Å². The lowest BCUT2D eigenvalue weighted by Crippen LogP contribution is -2.13. The molecule has 166 valence electrons. The summed E-state index contributed by atoms with van der Waals surface area (Å²) in [5, 5.41) is 23.5. The van der Waals surface area contributed by atoms with Gasteiger partial charge in [-0.05, 0) is 48.5 Å². The molecule has 0 aliphatic heterocycles. The van der Waals surface area contributed by atoms with E-state index >= 15 is 0 Å². The number of anilines is 1. The Balaban J connectivity index is 1.81. The van der Waals surface area contributed by atoms with Crippen LogP contribution >= 0.6 is 0 Å². The van der Waals surface area contributed by atoms with Crippen LogP contribution < -0.4 is 19.5 Å². The van der Waals surface area contributed by atoms with Gasteiger partial charge < -0.3 is 19.5 Å². The number of amides is 1. The lowest BCUT2D eigenvalue weighted by atomic mass is 10.1. The van der Waals surface area contributed by atoms with Crippen molar-refractivity contribution in [3.8, 4) is 29.1 Å². The van der Waals surface area contributed by atoms with E-state index in [1.54, 1.807) is 30.3 Å². The van der Waals surface area contributed by atoms with Crippen LogP contribution in [0.2, 0.25) is 0 Å². The standard InChI is InChI=1S/C24H19N3O6/c1-31-22-13-16(21(27(29)30)14-23(22)32-2)12-17(15-25)24(28)26-18-8-10-20(11-9-18)33-19-6-4-3-5-7-19/h3-14H,1-2H3,(H,26,28)/b17-12+. The first kappa shape index (κ1) is 22.8. The molecule has 0 radical (unpaired) electrons. The van der Waals surface area contributed by atoms with E-state index in [2.05, 4.69) is 5.32 Å². The van der Waals surface area contributed by atoms with Crippen molar-refractivity contribution in [1.82, 2.24) is 0 Å². The Labute approximate surface area is 189 Å². The van der Waals surface area contributed by atoms with Gasteiger partial charge in [0.1, 0.15) is 23.1 Å². The van der Waals surface area contributed by atoms with Crippen LogP contribution in [0.1, 0.15) is 5.56 Å². The minimum Gasteiger partial charge on any atom is -0.493 e. The highest BCUT2D eigenvalue weighted by Crippen LogP contribution is 2.35. The number of rotatable bonds is 8. The van der Waals surface area contributed by atoms with E-state index in [4.69, 9.17) is 14.2 Å². The molecule has 3 aromatic carbocycles. The highest BCUT2D eigenvalue weighted by atomic mass is 16.6. The maximum atomic E-state index is 12.6. The van der Waals surface area contributed by atoms with E-state index in [0.29, 0.717) is 17.2 Å². The van der Waals surface area contributed by atoms with Crippen LogP contribution in [0.25, 0.3) is 6.08 Å². The summed E-state index contributed by atoms with van der Waals surface area (Å²) in [6, 6.07) is 20.0. The van der Waals surface area contributed by atoms with Gasteiger partial charge in [-0.1, -0.05) is 18.2 Å². The number of nitro benzene ring substituents is 1. The molecule has 0 aliphatic carbocycles. The van der Waals surface area contributed by atoms with E-state index < -0.39 is 10.8 Å². The maximum Gasteiger partial charge on any atom is 0.280 e. The van der Waals surface area contributed by atoms with Gasteiger partial charge in [0.05, 0.1) is 30.8 Å². The average Bonchev–Trinajstić information content (AvgIpc) is 2.83. The molecule has 0 bridgehead atoms. The Kier molecular flexibility index (Phi) is 7.24. The number of para-hydroxylation sites is 1. The first-order valence-electron chi connectivity index (χ1n) is 9.61. The zero-order valence-corrected chi connectivity index (χ0v) is 17.8. The molecule has 3 aromatic rings. The minimum atomic E-state index is -0.724. The second-order valence-electron chi connectivity index (χ2n) is 6.59. The normalized spacial score (nSPS) is 10.6. The number of methoxy groups -OCH3 is 2. The topological polar surface area (TPSA) is 124 Å². The lowest BCUT2D eigenvalue weighted by Gasteiger charge is -2.10. The van der Waals surface area contributed by atoms with Crippen LogP contribution in [0.3, 0.4) is 0 Å². The Morgan fingerprint density at radius 1 is 1.00 bits per heavy atom. The van der Waals surface area contributed by atoms with Crippen molar-refractivity contribution in [3.63, 3.8) is 0 Å². The number of nitro groups is 1. The molecule has 0 atom stereocenters. The Hall–Kier alpha value is -4.84. The zero-order valence-electron chi connectivity index (χ0n) is 17.8. The molecule has 3 rings (SSSR count). The molecule has 0 unspecified atom stereocenters. The summed E-state index contributed by atoms with van der Waals surface area (Å²) < 4.78 is 15.9. The van der Waals surface area contributed by atoms with Gasteiger partial charge in [0.15, 0.2) is 11.5 Å². The van der Waals surface area contributed by atoms with Gasteiger partial charge in [-0.2, -0.15) is 5.26 Å². The molecule has 0 heterocycles. The maximum absolute atomic E-state index is 12.6. The van der Waals surface area contributed by atoms with Gasteiger partial charge in [-0.15, -0.1) is 0 Å². The van der Waals surface area contributed by atoms with Gasteiger partial charge in [-0.3, -0.25) is 14.9 Å². The average molecular weight is 445 g/mol. The van der Waals surface area contributed by atoms with E-state index in [1.807, 2.05) is 30.3 Å². The molecular weight excluding hydrogens is 426 g/mol. The van der Waals surface area contributed by atoms with Crippen molar-refractivity contribution in [2.45, 2.75) is 0 Å². The summed E-state index contributed by atoms with van der Waals surface area (Å²) in [7, 11) is 2.72. The Morgan fingerprint density at radius 3 is 2.18 bits per heavy atom. The van der Waals surface area contributed by atoms with E-state index in [1.165, 1.54) is 26.4 Å². The van der Waals surface area contributed by atoms with Gasteiger partial charge in [0, 0.05) is 5.69 Å². The molecular formula is C24H19N3O6. The predicted octanol–water partition coefficient (Wildman–Crippen LogP) is 4.95. The van der Waals surface area contributed by atoms with Crippen LogP contribution in [0, 0.1) is 21.4 Å². The summed E-state index contributed by atoms with van der Waals surface area (Å²) in [6.07, 6.45) is 1.13. The number of hydrogen-bond donors (Lipinski definition) is 1. The van der Waals surface area contributed by atoms with Crippen molar-refractivity contribution >= 4 is 23.4 Å². The zero-order chi connectivity index (χ0) is 23.8. The Morgan fingerprint density at radius 2 is 1.61 bits per heavy atom. The van der Waals surface area contributed by atoms with Gasteiger partial charge in [0.25, 0.3) is 11.6 Å². The first-order chi connectivity index (χ1) is 15.9. The molecule has 9 heteroatoms. The van der Waals surface area contributed by atoms with Crippen LogP contribution in [-0.4, -0.2) is 25.1 Å². The number of carbonyl (C=O) groups is 1. The van der Waals surface area contributed by atoms with Crippen LogP contribution in [0.15, 0.2) is 72.3 Å². The molecule has 0 spiro atoms. The molecule has 0 aromatic heterocycles. The van der Waals surface area contributed by atoms with Crippen molar-refractivity contribution in [2.75, 3.05) is 19.5 Å². The van der Waals surface area contributed by atoms with Crippen molar-refractivity contribution in [1.29, 1.82) is 5.26 Å². The van der Waals surface area contributed by atoms with Crippen LogP contribution in [-0.2, 0) is 4.79 Å². The third kappa shape index (κ3) is 5.65. The minimum absolute atomic E-state index is 0.0240. The fraction of sp³-hybridized carbons (Fsp3) is 0.0833. The Bertz CT molecular complexity index is 1230. The molecule has 0 aliphatic rings. The highest BCUT2D eigenvalue weighted by Gasteiger charge is 2.20. The molecule has 0 saturated carbocycles. The third-order valence-corrected chi connectivity index (χ3v) is 4.49. The lowest BCUT2D eigenvalue weighted by molar-refractivity contribution is -0.385. The molecule has 33 heavy (non-hydrogen) atoms. The third-order valence-electron chi connectivity index (χ3n) is 4.49. The SMILES string of the molecule is COc1cc(/C=C(\C#N)C(=O)Nc2ccc(Oc3ccccc3)cc2)c([N+](=O)[O-])cc1OC. The molecule has 9 nitrogen and oxygen atoms in total. The van der Waals surface area contributed by atoms with E-state index in [0.717, 1.165) is 6.08 Å². The summed E-state index contributed by atoms with van der Waals surface area (Å²) >= 11 is 0. The molecule has 1 amide bonds. The van der Waals surface area contributed by atoms with Crippen molar-refractivity contribution in [3.05, 3.63) is 88.0 Å². The largest absolute Gasteiger partial charge is 0.493 e. The molecule has 1 N–H and O–H groups in total. The fourth-order valence-corrected chi connectivity index (χ4v) is 2.89. The predicted molar refractivity (Wildman–Crippen MR) is 121 cm³/mol. The number of benzene rings is 3. The fourth-order valence-electron chi connectivity index (χ4n) is 2.89. The number of ether oxygens (including phenoxy) is 3. The number of nitrogens with one attached hydrogen (secondary N) is 1. The van der Waals surface area contributed by atoms with Crippen LogP contribution in [0.4, 0.5) is 11.4 Å². The second-order valence-corrected chi connectivity index (χ2v) is 6.59. The number of hydrogen-bond acceptors (Lipinski definition) is 7. The monoisotopic (exact) mass is 445 g/mol. The van der Waals surface area contributed by atoms with Crippen molar-refractivity contribution in [2.24, 2.45) is 0 Å². The number of carbonyl (C=O) groups excluding carboxylic acids is 1. The molecule has 0 saturated heterocycles. The quantitative estimate of drug-likeness (QED) is 0.225. The van der Waals surface area contributed by atoms with Gasteiger partial charge >= 0.3 is 0 Å². The highest BCUT2D eigenvalue weighted by molar-refractivity contribution is 6.10. The van der Waals surface area contributed by atoms with Gasteiger partial charge in [0.2, 0.25) is 0 Å². The van der Waals surface area contributed by atoms with E-state index in [9.17, 15) is 20.2 Å². The van der Waals surface area contributed by atoms with E-state index in [-0.39, 0.29) is 28.3 Å². The summed E-state index contributed by atoms with van der Waals surface area (Å²) in [4.78, 5) is 23.5. The molecule has 0 fully saturated rings. The van der Waals surface area contributed by atoms with Gasteiger partial charge in [-0.25, -0.2) is 0 Å². The number of nitrogens with zero attached hydrogens (tertiary/aromatic N) is 2. The smallest absolute Gasteiger partial charge is 0.280 e. The first-order valence-corrected chi connectivity index (χ1v) is 9.61. The van der Waals surface area contributed by atoms with Crippen LogP contribution in [0.5, 0.6) is 23.0 Å². The summed E-state index contributed by atoms with van der Waals surface area (Å²) in [5.74, 6) is 0.887.